The molecule has 1 aliphatic rings. The van der Waals surface area contributed by atoms with Crippen molar-refractivity contribution in [3.05, 3.63) is 34.8 Å². The van der Waals surface area contributed by atoms with Crippen LogP contribution in [0.5, 0.6) is 0 Å². The average molecular weight is 416 g/mol. The van der Waals surface area contributed by atoms with Crippen molar-refractivity contribution in [2.45, 2.75) is 27.7 Å². The number of hydrogen-bond acceptors (Lipinski definition) is 6. The molecule has 0 spiro atoms. The van der Waals surface area contributed by atoms with E-state index in [-0.39, 0.29) is 17.1 Å². The highest BCUT2D eigenvalue weighted by Crippen LogP contribution is 2.32. The molecule has 0 aromatic carbocycles. The summed E-state index contributed by atoms with van der Waals surface area (Å²) in [5, 5.41) is 12.4. The number of nitrogens with zero attached hydrogens (tertiary/aromatic N) is 1. The molecular weight excluding hydrogens is 386 g/mol. The Morgan fingerprint density at radius 2 is 1.89 bits per heavy atom. The monoisotopic (exact) mass is 415 g/mol. The van der Waals surface area contributed by atoms with Gasteiger partial charge in [0.15, 0.2) is 0 Å². The number of hydrogen-bond donors (Lipinski definition) is 3. The SMILES string of the molecule is C1COCCN1.C=C(c1ccc(NS(=O)(=O)CC)c(=O)n1C(=O)O)C(C)(C)C. The standard InChI is InChI=1S/C14H20N2O5S.C4H9NO/c1-6-22(20,21)15-10-7-8-11(9(2)14(3,4)5)16(12(10)17)13(18)19;1-3-6-4-2-5-1/h7-8,15H,2,6H2,1,3-5H3,(H,18,19);5H,1-4H2. The van der Waals surface area contributed by atoms with E-state index in [0.29, 0.717) is 10.1 Å². The van der Waals surface area contributed by atoms with Crippen LogP contribution in [-0.4, -0.2) is 56.2 Å². The van der Waals surface area contributed by atoms with Crippen LogP contribution < -0.4 is 15.6 Å². The second-order valence-corrected chi connectivity index (χ2v) is 9.16. The summed E-state index contributed by atoms with van der Waals surface area (Å²) >= 11 is 0. The summed E-state index contributed by atoms with van der Waals surface area (Å²) in [5.74, 6) is -0.226. The van der Waals surface area contributed by atoms with E-state index < -0.39 is 27.1 Å². The lowest BCUT2D eigenvalue weighted by Crippen LogP contribution is -2.33. The third kappa shape index (κ3) is 6.77. The van der Waals surface area contributed by atoms with E-state index in [1.54, 1.807) is 0 Å². The number of nitrogens with one attached hydrogen (secondary N) is 2. The Morgan fingerprint density at radius 1 is 1.32 bits per heavy atom. The van der Waals surface area contributed by atoms with Crippen LogP contribution in [-0.2, 0) is 14.8 Å². The molecule has 2 heterocycles. The zero-order chi connectivity index (χ0) is 21.5. The number of anilines is 1. The van der Waals surface area contributed by atoms with E-state index in [1.165, 1.54) is 19.1 Å². The highest BCUT2D eigenvalue weighted by molar-refractivity contribution is 7.92. The van der Waals surface area contributed by atoms with Crippen molar-refractivity contribution in [1.29, 1.82) is 0 Å². The molecule has 0 atom stereocenters. The van der Waals surface area contributed by atoms with Gasteiger partial charge in [-0.3, -0.25) is 9.52 Å². The molecule has 0 radical (unpaired) electrons. The minimum atomic E-state index is -3.68. The molecular formula is C18H29N3O6S. The first-order valence-electron chi connectivity index (χ1n) is 8.88. The largest absolute Gasteiger partial charge is 0.464 e. The number of rotatable bonds is 4. The molecule has 3 N–H and O–H groups in total. The Kier molecular flexibility index (Phi) is 8.40. The normalized spacial score (nSPS) is 14.6. The Morgan fingerprint density at radius 3 is 2.25 bits per heavy atom. The number of sulfonamides is 1. The zero-order valence-electron chi connectivity index (χ0n) is 16.7. The van der Waals surface area contributed by atoms with E-state index >= 15 is 0 Å². The summed E-state index contributed by atoms with van der Waals surface area (Å²) < 4.78 is 30.7. The fourth-order valence-corrected chi connectivity index (χ4v) is 2.82. The second kappa shape index (κ2) is 9.85. The van der Waals surface area contributed by atoms with Gasteiger partial charge in [-0.05, 0) is 30.0 Å². The fourth-order valence-electron chi connectivity index (χ4n) is 2.18. The van der Waals surface area contributed by atoms with E-state index in [0.717, 1.165) is 26.3 Å². The van der Waals surface area contributed by atoms with Crippen molar-refractivity contribution in [3.63, 3.8) is 0 Å². The Labute approximate surface area is 165 Å². The third-order valence-corrected chi connectivity index (χ3v) is 5.27. The van der Waals surface area contributed by atoms with Crippen LogP contribution in [0.1, 0.15) is 33.4 Å². The van der Waals surface area contributed by atoms with Gasteiger partial charge in [-0.25, -0.2) is 17.8 Å². The van der Waals surface area contributed by atoms with Crippen LogP contribution >= 0.6 is 0 Å². The van der Waals surface area contributed by atoms with Gasteiger partial charge >= 0.3 is 6.09 Å². The average Bonchev–Trinajstić information content (AvgIpc) is 2.63. The van der Waals surface area contributed by atoms with E-state index in [2.05, 4.69) is 16.6 Å². The Balaban J connectivity index is 0.000000552. The van der Waals surface area contributed by atoms with Crippen LogP contribution in [0.3, 0.4) is 0 Å². The second-order valence-electron chi connectivity index (χ2n) is 7.15. The molecule has 1 saturated heterocycles. The lowest BCUT2D eigenvalue weighted by molar-refractivity contribution is 0.109. The summed E-state index contributed by atoms with van der Waals surface area (Å²) in [6.45, 7) is 14.6. The third-order valence-electron chi connectivity index (χ3n) is 3.98. The molecule has 28 heavy (non-hydrogen) atoms. The maximum atomic E-state index is 12.3. The quantitative estimate of drug-likeness (QED) is 0.684. The van der Waals surface area contributed by atoms with Gasteiger partial charge in [0.05, 0.1) is 24.7 Å². The topological polar surface area (TPSA) is 127 Å². The summed E-state index contributed by atoms with van der Waals surface area (Å²) in [7, 11) is -3.68. The van der Waals surface area contributed by atoms with Crippen LogP contribution in [0.2, 0.25) is 0 Å². The molecule has 1 aliphatic heterocycles. The molecule has 0 amide bonds. The molecule has 0 aliphatic carbocycles. The van der Waals surface area contributed by atoms with E-state index in [1.807, 2.05) is 20.8 Å². The van der Waals surface area contributed by atoms with Gasteiger partial charge in [0.1, 0.15) is 5.69 Å². The van der Waals surface area contributed by atoms with Crippen molar-refractivity contribution in [1.82, 2.24) is 9.88 Å². The predicted octanol–water partition coefficient (Wildman–Crippen LogP) is 1.80. The fraction of sp³-hybridized carbons (Fsp3) is 0.556. The van der Waals surface area contributed by atoms with Crippen molar-refractivity contribution in [2.75, 3.05) is 36.8 Å². The van der Waals surface area contributed by atoms with E-state index in [9.17, 15) is 23.1 Å². The van der Waals surface area contributed by atoms with Crippen molar-refractivity contribution < 1.29 is 23.1 Å². The van der Waals surface area contributed by atoms with Gasteiger partial charge in [-0.2, -0.15) is 0 Å². The van der Waals surface area contributed by atoms with Crippen LogP contribution in [0.15, 0.2) is 23.5 Å². The first kappa shape index (κ1) is 23.9. The first-order valence-corrected chi connectivity index (χ1v) is 10.5. The maximum absolute atomic E-state index is 12.3. The zero-order valence-corrected chi connectivity index (χ0v) is 17.6. The molecule has 0 unspecified atom stereocenters. The molecule has 0 bridgehead atoms. The number of pyridine rings is 1. The summed E-state index contributed by atoms with van der Waals surface area (Å²) in [5.41, 5.74) is -1.13. The highest BCUT2D eigenvalue weighted by Gasteiger charge is 2.24. The van der Waals surface area contributed by atoms with Crippen molar-refractivity contribution in [3.8, 4) is 0 Å². The predicted molar refractivity (Wildman–Crippen MR) is 109 cm³/mol. The molecule has 1 aromatic heterocycles. The van der Waals surface area contributed by atoms with E-state index in [4.69, 9.17) is 4.74 Å². The minimum absolute atomic E-state index is 0.129. The van der Waals surface area contributed by atoms with Crippen LogP contribution in [0.4, 0.5) is 10.5 Å². The first-order chi connectivity index (χ1) is 12.9. The van der Waals surface area contributed by atoms with Crippen LogP contribution in [0, 0.1) is 5.41 Å². The molecule has 1 aromatic rings. The Bertz CT molecular complexity index is 853. The van der Waals surface area contributed by atoms with Gasteiger partial charge < -0.3 is 15.2 Å². The van der Waals surface area contributed by atoms with Gasteiger partial charge in [-0.1, -0.05) is 27.4 Å². The summed E-state index contributed by atoms with van der Waals surface area (Å²) in [4.78, 5) is 23.7. The maximum Gasteiger partial charge on any atom is 0.419 e. The van der Waals surface area contributed by atoms with Crippen LogP contribution in [0.25, 0.3) is 5.57 Å². The summed E-state index contributed by atoms with van der Waals surface area (Å²) in [6.07, 6.45) is -1.50. The lowest BCUT2D eigenvalue weighted by Gasteiger charge is -2.23. The number of carboxylic acid groups (broad SMARTS) is 1. The number of carbonyl (C=O) groups is 1. The van der Waals surface area contributed by atoms with Gasteiger partial charge in [-0.15, -0.1) is 0 Å². The number of aromatic nitrogens is 1. The van der Waals surface area contributed by atoms with Gasteiger partial charge in [0, 0.05) is 13.1 Å². The van der Waals surface area contributed by atoms with Crippen molar-refractivity contribution >= 4 is 27.4 Å². The molecule has 0 saturated carbocycles. The van der Waals surface area contributed by atoms with Gasteiger partial charge in [0.25, 0.3) is 5.56 Å². The van der Waals surface area contributed by atoms with Crippen molar-refractivity contribution in [2.24, 2.45) is 5.41 Å². The molecule has 2 rings (SSSR count). The molecule has 158 valence electrons. The molecule has 10 heteroatoms. The highest BCUT2D eigenvalue weighted by atomic mass is 32.2. The smallest absolute Gasteiger partial charge is 0.419 e. The number of allylic oxidation sites excluding steroid dienone is 1. The summed E-state index contributed by atoms with van der Waals surface area (Å²) in [6, 6.07) is 2.62. The number of morpholine rings is 1. The van der Waals surface area contributed by atoms with Gasteiger partial charge in [0.2, 0.25) is 10.0 Å². The Hall–Kier alpha value is -2.17. The number of ether oxygens (including phenoxy) is 1. The molecule has 9 nitrogen and oxygen atoms in total. The lowest BCUT2D eigenvalue weighted by atomic mass is 9.85. The minimum Gasteiger partial charge on any atom is -0.464 e. The molecule has 1 fully saturated rings.